The van der Waals surface area contributed by atoms with Crippen LogP contribution in [0.25, 0.3) is 11.4 Å². The van der Waals surface area contributed by atoms with E-state index in [2.05, 4.69) is 25.9 Å². The van der Waals surface area contributed by atoms with Gasteiger partial charge in [0.15, 0.2) is 0 Å². The number of hydrogen-bond donors (Lipinski definition) is 1. The van der Waals surface area contributed by atoms with Gasteiger partial charge in [-0.2, -0.15) is 0 Å². The Morgan fingerprint density at radius 2 is 1.96 bits per heavy atom. The van der Waals surface area contributed by atoms with Crippen molar-refractivity contribution in [2.45, 2.75) is 6.42 Å². The highest BCUT2D eigenvalue weighted by molar-refractivity contribution is 9.10. The van der Waals surface area contributed by atoms with E-state index in [0.29, 0.717) is 28.5 Å². The van der Waals surface area contributed by atoms with E-state index in [-0.39, 0.29) is 5.82 Å². The Kier molecular flexibility index (Phi) is 3.50. The van der Waals surface area contributed by atoms with Crippen LogP contribution in [0.4, 0.5) is 4.39 Å². The van der Waals surface area contributed by atoms with E-state index in [1.54, 1.807) is 6.07 Å². The van der Waals surface area contributed by atoms with Crippen molar-refractivity contribution in [1.82, 2.24) is 9.97 Å². The van der Waals surface area contributed by atoms with Crippen molar-refractivity contribution in [3.8, 4) is 23.0 Å². The van der Waals surface area contributed by atoms with Crippen LogP contribution in [0.15, 0.2) is 46.9 Å². The molecule has 0 spiro atoms. The van der Waals surface area contributed by atoms with Gasteiger partial charge in [0.05, 0.1) is 5.56 Å². The van der Waals surface area contributed by atoms with Gasteiger partial charge in [-0.15, -0.1) is 0 Å². The minimum atomic E-state index is -0.287. The third kappa shape index (κ3) is 2.68. The number of nitrogens with one attached hydrogen (secondary N) is 1. The zero-order valence-electron chi connectivity index (χ0n) is 11.8. The highest BCUT2D eigenvalue weighted by Crippen LogP contribution is 2.36. The van der Waals surface area contributed by atoms with Crippen molar-refractivity contribution >= 4 is 28.1 Å². The number of aromatic amines is 1. The van der Waals surface area contributed by atoms with Gasteiger partial charge in [0.25, 0.3) is 0 Å². The fourth-order valence-electron chi connectivity index (χ4n) is 2.55. The second-order valence-corrected chi connectivity index (χ2v) is 6.54. The minimum absolute atomic E-state index is 0.287. The molecule has 0 unspecified atom stereocenters. The zero-order valence-corrected chi connectivity index (χ0v) is 14.2. The molecule has 0 fully saturated rings. The topological polar surface area (TPSA) is 37.9 Å². The third-order valence-electron chi connectivity index (χ3n) is 3.70. The Bertz CT molecular complexity index is 969. The molecule has 0 bridgehead atoms. The first kappa shape index (κ1) is 14.5. The van der Waals surface area contributed by atoms with Crippen molar-refractivity contribution in [2.75, 3.05) is 0 Å². The van der Waals surface area contributed by atoms with Gasteiger partial charge in [0.2, 0.25) is 5.88 Å². The lowest BCUT2D eigenvalue weighted by Gasteiger charge is -2.20. The van der Waals surface area contributed by atoms with Gasteiger partial charge in [0.1, 0.15) is 22.0 Å². The lowest BCUT2D eigenvalue weighted by Crippen LogP contribution is -2.08. The van der Waals surface area contributed by atoms with Gasteiger partial charge < -0.3 is 9.72 Å². The van der Waals surface area contributed by atoms with Crippen molar-refractivity contribution in [3.63, 3.8) is 0 Å². The van der Waals surface area contributed by atoms with Crippen LogP contribution in [0.1, 0.15) is 11.1 Å². The predicted octanol–water partition coefficient (Wildman–Crippen LogP) is 5.40. The molecule has 0 saturated heterocycles. The molecule has 2 heterocycles. The summed E-state index contributed by atoms with van der Waals surface area (Å²) in [6.07, 6.45) is 0.505. The van der Waals surface area contributed by atoms with E-state index in [4.69, 9.17) is 17.0 Å². The van der Waals surface area contributed by atoms with Crippen LogP contribution in [-0.2, 0) is 6.42 Å². The van der Waals surface area contributed by atoms with Crippen molar-refractivity contribution in [2.24, 2.45) is 0 Å². The fourth-order valence-corrected chi connectivity index (χ4v) is 3.07. The second kappa shape index (κ2) is 5.54. The number of fused-ring (bicyclic) bond motifs is 2. The van der Waals surface area contributed by atoms with E-state index in [9.17, 15) is 4.39 Å². The van der Waals surface area contributed by atoms with Crippen LogP contribution in [0.2, 0.25) is 0 Å². The SMILES string of the molecule is Fc1ccc2c(c1)Cc1c([nH]c(-c3ccc(Br)cc3)nc1=S)O2. The summed E-state index contributed by atoms with van der Waals surface area (Å²) in [4.78, 5) is 7.64. The molecule has 23 heavy (non-hydrogen) atoms. The number of halogens is 2. The molecule has 0 saturated carbocycles. The Morgan fingerprint density at radius 1 is 1.17 bits per heavy atom. The molecule has 1 aliphatic heterocycles. The summed E-state index contributed by atoms with van der Waals surface area (Å²) in [5, 5.41) is 0. The van der Waals surface area contributed by atoms with Gasteiger partial charge >= 0.3 is 0 Å². The van der Waals surface area contributed by atoms with Gasteiger partial charge in [-0.1, -0.05) is 40.3 Å². The number of ether oxygens (including phenoxy) is 1. The van der Waals surface area contributed by atoms with Gasteiger partial charge in [0, 0.05) is 22.0 Å². The van der Waals surface area contributed by atoms with Crippen LogP contribution in [-0.4, -0.2) is 9.97 Å². The smallest absolute Gasteiger partial charge is 0.205 e. The highest BCUT2D eigenvalue weighted by Gasteiger charge is 2.21. The monoisotopic (exact) mass is 388 g/mol. The number of hydrogen-bond acceptors (Lipinski definition) is 3. The van der Waals surface area contributed by atoms with Gasteiger partial charge in [-0.3, -0.25) is 0 Å². The number of H-pyrrole nitrogens is 1. The summed E-state index contributed by atoms with van der Waals surface area (Å²) < 4.78 is 20.7. The maximum Gasteiger partial charge on any atom is 0.205 e. The molecule has 0 radical (unpaired) electrons. The molecule has 0 atom stereocenters. The maximum absolute atomic E-state index is 13.4. The van der Waals surface area contributed by atoms with E-state index in [1.807, 2.05) is 24.3 Å². The van der Waals surface area contributed by atoms with E-state index in [1.165, 1.54) is 12.1 Å². The van der Waals surface area contributed by atoms with Gasteiger partial charge in [-0.25, -0.2) is 9.37 Å². The van der Waals surface area contributed by atoms with Crippen LogP contribution in [0, 0.1) is 10.5 Å². The molecule has 0 aliphatic carbocycles. The lowest BCUT2D eigenvalue weighted by atomic mass is 10.0. The summed E-state index contributed by atoms with van der Waals surface area (Å²) in [5.74, 6) is 1.57. The van der Waals surface area contributed by atoms with Crippen LogP contribution in [0.3, 0.4) is 0 Å². The normalized spacial score (nSPS) is 12.3. The largest absolute Gasteiger partial charge is 0.440 e. The van der Waals surface area contributed by atoms with Gasteiger partial charge in [-0.05, 0) is 30.3 Å². The molecule has 114 valence electrons. The first-order chi connectivity index (χ1) is 11.1. The number of aromatic nitrogens is 2. The zero-order chi connectivity index (χ0) is 16.0. The molecule has 0 amide bonds. The molecular formula is C17H10BrFN2OS. The molecule has 2 aromatic carbocycles. The van der Waals surface area contributed by atoms with E-state index in [0.717, 1.165) is 21.2 Å². The summed E-state index contributed by atoms with van der Waals surface area (Å²) in [7, 11) is 0. The van der Waals surface area contributed by atoms with Crippen LogP contribution < -0.4 is 4.74 Å². The van der Waals surface area contributed by atoms with Crippen LogP contribution >= 0.6 is 28.1 Å². The van der Waals surface area contributed by atoms with Crippen molar-refractivity contribution in [1.29, 1.82) is 0 Å². The molecule has 1 aromatic heterocycles. The molecule has 3 aromatic rings. The summed E-state index contributed by atoms with van der Waals surface area (Å²) in [6.45, 7) is 0. The Morgan fingerprint density at radius 3 is 2.74 bits per heavy atom. The highest BCUT2D eigenvalue weighted by atomic mass is 79.9. The molecule has 3 nitrogen and oxygen atoms in total. The van der Waals surface area contributed by atoms with Crippen molar-refractivity contribution < 1.29 is 9.13 Å². The summed E-state index contributed by atoms with van der Waals surface area (Å²) >= 11 is 8.81. The number of benzene rings is 2. The number of nitrogens with zero attached hydrogens (tertiary/aromatic N) is 1. The minimum Gasteiger partial charge on any atom is -0.440 e. The van der Waals surface area contributed by atoms with Crippen LogP contribution in [0.5, 0.6) is 11.6 Å². The fraction of sp³-hybridized carbons (Fsp3) is 0.0588. The molecule has 1 N–H and O–H groups in total. The average molecular weight is 389 g/mol. The molecule has 6 heteroatoms. The van der Waals surface area contributed by atoms with E-state index < -0.39 is 0 Å². The standard InChI is InChI=1S/C17H10BrFN2OS/c18-11-3-1-9(2-4-11)15-20-16-13(17(23)21-15)8-10-7-12(19)5-6-14(10)22-16/h1-7H,8H2,(H,20,21,23). The van der Waals surface area contributed by atoms with E-state index >= 15 is 0 Å². The first-order valence-corrected chi connectivity index (χ1v) is 8.16. The molecular weight excluding hydrogens is 379 g/mol. The summed E-state index contributed by atoms with van der Waals surface area (Å²) in [6, 6.07) is 12.2. The predicted molar refractivity (Wildman–Crippen MR) is 91.8 cm³/mol. The lowest BCUT2D eigenvalue weighted by molar-refractivity contribution is 0.437. The Balaban J connectivity index is 1.81. The third-order valence-corrected chi connectivity index (χ3v) is 4.56. The average Bonchev–Trinajstić information content (AvgIpc) is 2.54. The summed E-state index contributed by atoms with van der Waals surface area (Å²) in [5.41, 5.74) is 2.46. The molecule has 4 rings (SSSR count). The maximum atomic E-state index is 13.4. The number of rotatable bonds is 1. The molecule has 1 aliphatic rings. The Labute approximate surface area is 145 Å². The van der Waals surface area contributed by atoms with Crippen molar-refractivity contribution in [3.05, 3.63) is 68.5 Å². The first-order valence-electron chi connectivity index (χ1n) is 6.95. The second-order valence-electron chi connectivity index (χ2n) is 5.24. The quantitative estimate of drug-likeness (QED) is 0.443. The Hall–Kier alpha value is -2.05.